The van der Waals surface area contributed by atoms with Crippen LogP contribution in [0.2, 0.25) is 5.02 Å². The summed E-state index contributed by atoms with van der Waals surface area (Å²) in [5.41, 5.74) is 2.46. The number of hydrogen-bond acceptors (Lipinski definition) is 6. The average molecular weight is 435 g/mol. The number of amides is 1. The third-order valence-electron chi connectivity index (χ3n) is 5.74. The van der Waals surface area contributed by atoms with E-state index in [-0.39, 0.29) is 11.8 Å². The number of carbonyl (C=O) groups excluding carboxylic acids is 1. The lowest BCUT2D eigenvalue weighted by molar-refractivity contribution is 0.0555. The van der Waals surface area contributed by atoms with Crippen molar-refractivity contribution in [2.45, 2.75) is 25.8 Å². The Morgan fingerprint density at radius 1 is 0.933 bits per heavy atom. The molecule has 8 nitrogen and oxygen atoms in total. The van der Waals surface area contributed by atoms with Gasteiger partial charge in [0.15, 0.2) is 0 Å². The second-order valence-electron chi connectivity index (χ2n) is 7.79. The van der Waals surface area contributed by atoms with Crippen LogP contribution in [0.4, 0.5) is 10.5 Å². The van der Waals surface area contributed by atoms with Crippen LogP contribution in [0, 0.1) is 0 Å². The van der Waals surface area contributed by atoms with Crippen molar-refractivity contribution in [3.05, 3.63) is 40.9 Å². The molecule has 1 aromatic heterocycles. The second-order valence-corrected chi connectivity index (χ2v) is 8.22. The topological polar surface area (TPSA) is 81.4 Å². The van der Waals surface area contributed by atoms with Gasteiger partial charge >= 0.3 is 6.09 Å². The van der Waals surface area contributed by atoms with Gasteiger partial charge in [0.25, 0.3) is 0 Å². The third-order valence-corrected chi connectivity index (χ3v) is 5.97. The summed E-state index contributed by atoms with van der Waals surface area (Å²) in [6, 6.07) is 8.61. The fourth-order valence-corrected chi connectivity index (χ4v) is 4.23. The number of carbonyl (C=O) groups is 1. The van der Waals surface area contributed by atoms with Crippen LogP contribution in [0.1, 0.15) is 24.8 Å². The summed E-state index contributed by atoms with van der Waals surface area (Å²) in [4.78, 5) is 23.7. The van der Waals surface area contributed by atoms with Crippen LogP contribution in [-0.4, -0.2) is 70.1 Å². The van der Waals surface area contributed by atoms with Crippen LogP contribution in [0.15, 0.2) is 30.3 Å². The van der Waals surface area contributed by atoms with Crippen molar-refractivity contribution in [2.24, 2.45) is 0 Å². The lowest BCUT2D eigenvalue weighted by Gasteiger charge is -2.36. The predicted octanol–water partition coefficient (Wildman–Crippen LogP) is 2.91. The number of aromatic hydroxyl groups is 2. The lowest BCUT2D eigenvalue weighted by atomic mass is 10.1. The molecule has 162 valence electrons. The zero-order chi connectivity index (χ0) is 21.1. The number of aromatic nitrogens is 1. The molecule has 0 aliphatic carbocycles. The SMILES string of the molecule is O=C(On1c(O)ccc1O)N1CCN(Cc2ccc(Cl)cc2N2CCCCC2)CC1. The summed E-state index contributed by atoms with van der Waals surface area (Å²) in [6.07, 6.45) is 3.10. The van der Waals surface area contributed by atoms with Crippen LogP contribution in [0.5, 0.6) is 11.8 Å². The minimum Gasteiger partial charge on any atom is -0.492 e. The molecule has 2 N–H and O–H groups in total. The fourth-order valence-electron chi connectivity index (χ4n) is 4.06. The Morgan fingerprint density at radius 2 is 1.60 bits per heavy atom. The largest absolute Gasteiger partial charge is 0.492 e. The molecule has 0 bridgehead atoms. The Hall–Kier alpha value is -2.58. The van der Waals surface area contributed by atoms with E-state index in [0.717, 1.165) is 24.7 Å². The molecule has 2 fully saturated rings. The van der Waals surface area contributed by atoms with Gasteiger partial charge in [-0.3, -0.25) is 4.90 Å². The molecule has 1 amide bonds. The minimum atomic E-state index is -0.600. The number of benzene rings is 1. The third kappa shape index (κ3) is 4.60. The van der Waals surface area contributed by atoms with Crippen molar-refractivity contribution in [1.82, 2.24) is 14.5 Å². The second kappa shape index (κ2) is 9.06. The van der Waals surface area contributed by atoms with Crippen LogP contribution in [0.25, 0.3) is 0 Å². The van der Waals surface area contributed by atoms with E-state index in [4.69, 9.17) is 16.4 Å². The van der Waals surface area contributed by atoms with E-state index >= 15 is 0 Å². The lowest BCUT2D eigenvalue weighted by Crippen LogP contribution is -2.50. The molecule has 0 unspecified atom stereocenters. The van der Waals surface area contributed by atoms with Gasteiger partial charge in [-0.25, -0.2) is 4.79 Å². The minimum absolute atomic E-state index is 0.326. The highest BCUT2D eigenvalue weighted by Gasteiger charge is 2.25. The summed E-state index contributed by atoms with van der Waals surface area (Å²) in [6.45, 7) is 5.35. The van der Waals surface area contributed by atoms with Gasteiger partial charge < -0.3 is 24.9 Å². The molecule has 0 spiro atoms. The number of rotatable bonds is 4. The summed E-state index contributed by atoms with van der Waals surface area (Å²) >= 11 is 6.28. The maximum absolute atomic E-state index is 12.4. The van der Waals surface area contributed by atoms with Crippen molar-refractivity contribution in [1.29, 1.82) is 0 Å². The summed E-state index contributed by atoms with van der Waals surface area (Å²) in [5, 5.41) is 20.0. The highest BCUT2D eigenvalue weighted by molar-refractivity contribution is 6.30. The zero-order valence-corrected chi connectivity index (χ0v) is 17.6. The van der Waals surface area contributed by atoms with Gasteiger partial charge in [0.2, 0.25) is 11.8 Å². The standard InChI is InChI=1S/C21H27ClN4O4/c22-17-5-4-16(18(14-17)24-8-2-1-3-9-24)15-23-10-12-25(13-11-23)21(29)30-26-19(27)6-7-20(26)28/h4-7,14,27-28H,1-3,8-13,15H2. The Balaban J connectivity index is 1.35. The molecule has 0 atom stereocenters. The van der Waals surface area contributed by atoms with Gasteiger partial charge in [0, 0.05) is 68.7 Å². The van der Waals surface area contributed by atoms with Gasteiger partial charge in [-0.1, -0.05) is 17.7 Å². The Labute approximate surface area is 180 Å². The molecule has 2 aliphatic heterocycles. The number of piperazine rings is 1. The first-order valence-electron chi connectivity index (χ1n) is 10.3. The van der Waals surface area contributed by atoms with Crippen molar-refractivity contribution in [3.63, 3.8) is 0 Å². The number of anilines is 1. The van der Waals surface area contributed by atoms with Gasteiger partial charge in [-0.05, 0) is 37.0 Å². The fraction of sp³-hybridized carbons (Fsp3) is 0.476. The summed E-state index contributed by atoms with van der Waals surface area (Å²) < 4.78 is 0.716. The zero-order valence-electron chi connectivity index (χ0n) is 16.8. The van der Waals surface area contributed by atoms with Gasteiger partial charge in [-0.15, -0.1) is 4.73 Å². The van der Waals surface area contributed by atoms with Gasteiger partial charge in [0.05, 0.1) is 0 Å². The van der Waals surface area contributed by atoms with Crippen LogP contribution >= 0.6 is 11.6 Å². The number of nitrogens with zero attached hydrogens (tertiary/aromatic N) is 4. The quantitative estimate of drug-likeness (QED) is 0.770. The van der Waals surface area contributed by atoms with E-state index in [2.05, 4.69) is 21.9 Å². The number of hydrogen-bond donors (Lipinski definition) is 2. The van der Waals surface area contributed by atoms with Crippen LogP contribution in [-0.2, 0) is 6.54 Å². The monoisotopic (exact) mass is 434 g/mol. The Kier molecular flexibility index (Phi) is 6.24. The molecule has 9 heteroatoms. The van der Waals surface area contributed by atoms with Crippen molar-refractivity contribution < 1.29 is 19.8 Å². The highest BCUT2D eigenvalue weighted by Crippen LogP contribution is 2.29. The number of halogens is 1. The molecule has 3 heterocycles. The van der Waals surface area contributed by atoms with E-state index in [9.17, 15) is 15.0 Å². The molecule has 0 saturated carbocycles. The smallest absolute Gasteiger partial charge is 0.434 e. The van der Waals surface area contributed by atoms with Crippen LogP contribution < -0.4 is 9.74 Å². The van der Waals surface area contributed by atoms with Gasteiger partial charge in [0.1, 0.15) is 0 Å². The maximum Gasteiger partial charge on any atom is 0.434 e. The predicted molar refractivity (Wildman–Crippen MR) is 114 cm³/mol. The van der Waals surface area contributed by atoms with E-state index in [1.165, 1.54) is 42.6 Å². The van der Waals surface area contributed by atoms with E-state index in [1.54, 1.807) is 4.90 Å². The van der Waals surface area contributed by atoms with Crippen LogP contribution in [0.3, 0.4) is 0 Å². The van der Waals surface area contributed by atoms with E-state index in [0.29, 0.717) is 30.9 Å². The maximum atomic E-state index is 12.4. The normalized spacial score (nSPS) is 17.9. The molecule has 30 heavy (non-hydrogen) atoms. The molecule has 2 saturated heterocycles. The van der Waals surface area contributed by atoms with Crippen molar-refractivity contribution >= 4 is 23.4 Å². The molecule has 2 aliphatic rings. The number of piperidine rings is 1. The van der Waals surface area contributed by atoms with E-state index < -0.39 is 6.09 Å². The Morgan fingerprint density at radius 3 is 2.27 bits per heavy atom. The van der Waals surface area contributed by atoms with Crippen molar-refractivity contribution in [3.8, 4) is 11.8 Å². The first-order valence-corrected chi connectivity index (χ1v) is 10.7. The molecular formula is C21H27ClN4O4. The van der Waals surface area contributed by atoms with Crippen molar-refractivity contribution in [2.75, 3.05) is 44.2 Å². The highest BCUT2D eigenvalue weighted by atomic mass is 35.5. The van der Waals surface area contributed by atoms with Gasteiger partial charge in [-0.2, -0.15) is 0 Å². The molecule has 4 rings (SSSR count). The summed E-state index contributed by atoms with van der Waals surface area (Å²) in [7, 11) is 0. The van der Waals surface area contributed by atoms with E-state index in [1.807, 2.05) is 6.07 Å². The summed E-state index contributed by atoms with van der Waals surface area (Å²) in [5.74, 6) is -0.653. The molecule has 2 aromatic rings. The molecule has 1 aromatic carbocycles. The average Bonchev–Trinajstić information content (AvgIpc) is 3.08. The molecular weight excluding hydrogens is 408 g/mol. The first-order chi connectivity index (χ1) is 14.5. The molecule has 0 radical (unpaired) electrons. The first kappa shape index (κ1) is 20.7. The Bertz CT molecular complexity index is 870.